The first-order valence-electron chi connectivity index (χ1n) is 6.77. The van der Waals surface area contributed by atoms with Gasteiger partial charge >= 0.3 is 12.1 Å². The molecule has 0 radical (unpaired) electrons. The Balaban J connectivity index is 2.63. The maximum absolute atomic E-state index is 12.4. The number of hydrogen-bond acceptors (Lipinski definition) is 4. The lowest BCUT2D eigenvalue weighted by molar-refractivity contribution is -0.146. The summed E-state index contributed by atoms with van der Waals surface area (Å²) >= 11 is 0. The number of carbonyl (C=O) groups excluding carboxylic acids is 1. The molecule has 0 amide bonds. The summed E-state index contributed by atoms with van der Waals surface area (Å²) in [4.78, 5) is 11.8. The molecule has 1 unspecified atom stereocenters. The molecule has 1 aromatic rings. The van der Waals surface area contributed by atoms with Crippen LogP contribution in [0.15, 0.2) is 12.3 Å². The van der Waals surface area contributed by atoms with Gasteiger partial charge in [-0.25, -0.2) is 0 Å². The average Bonchev–Trinajstić information content (AvgIpc) is 2.82. The largest absolute Gasteiger partial charge is 0.465 e. The van der Waals surface area contributed by atoms with Crippen molar-refractivity contribution in [2.75, 3.05) is 6.61 Å². The van der Waals surface area contributed by atoms with E-state index < -0.39 is 23.9 Å². The summed E-state index contributed by atoms with van der Waals surface area (Å²) in [7, 11) is 0. The number of alkyl halides is 3. The van der Waals surface area contributed by atoms with Crippen LogP contribution in [0.3, 0.4) is 0 Å². The Hall–Kier alpha value is -1.57. The molecule has 120 valence electrons. The van der Waals surface area contributed by atoms with Gasteiger partial charge in [0.15, 0.2) is 5.69 Å². The third kappa shape index (κ3) is 5.74. The molecule has 0 saturated heterocycles. The van der Waals surface area contributed by atoms with Gasteiger partial charge in [0, 0.05) is 18.8 Å². The van der Waals surface area contributed by atoms with E-state index in [0.29, 0.717) is 6.42 Å². The van der Waals surface area contributed by atoms with Gasteiger partial charge in [0.25, 0.3) is 0 Å². The first kappa shape index (κ1) is 17.5. The van der Waals surface area contributed by atoms with Crippen LogP contribution in [0.2, 0.25) is 0 Å². The second kappa shape index (κ2) is 7.44. The van der Waals surface area contributed by atoms with E-state index >= 15 is 0 Å². The fourth-order valence-electron chi connectivity index (χ4n) is 1.81. The first-order chi connectivity index (χ1) is 9.74. The number of aryl methyl sites for hydroxylation is 1. The van der Waals surface area contributed by atoms with Gasteiger partial charge in [-0.2, -0.15) is 18.3 Å². The molecule has 1 N–H and O–H groups in total. The maximum atomic E-state index is 12.4. The molecule has 0 saturated carbocycles. The number of ether oxygens (including phenoxy) is 1. The molecule has 5 nitrogen and oxygen atoms in total. The van der Waals surface area contributed by atoms with Gasteiger partial charge in [-0.3, -0.25) is 9.48 Å². The first-order valence-corrected chi connectivity index (χ1v) is 6.77. The predicted molar refractivity (Wildman–Crippen MR) is 70.5 cm³/mol. The molecule has 1 atom stereocenters. The predicted octanol–water partition coefficient (Wildman–Crippen LogP) is 2.22. The van der Waals surface area contributed by atoms with Crippen LogP contribution in [0, 0.1) is 0 Å². The van der Waals surface area contributed by atoms with Crippen molar-refractivity contribution in [1.29, 1.82) is 0 Å². The van der Waals surface area contributed by atoms with Crippen molar-refractivity contribution in [2.45, 2.75) is 52.0 Å². The van der Waals surface area contributed by atoms with E-state index in [2.05, 4.69) is 10.4 Å². The number of hydrogen-bond donors (Lipinski definition) is 1. The highest BCUT2D eigenvalue weighted by Gasteiger charge is 2.33. The van der Waals surface area contributed by atoms with Crippen molar-refractivity contribution in [2.24, 2.45) is 0 Å². The Morgan fingerprint density at radius 1 is 1.48 bits per heavy atom. The van der Waals surface area contributed by atoms with Gasteiger partial charge in [0.2, 0.25) is 0 Å². The smallest absolute Gasteiger partial charge is 0.435 e. The fourth-order valence-corrected chi connectivity index (χ4v) is 1.81. The summed E-state index contributed by atoms with van der Waals surface area (Å²) in [5, 5.41) is 6.48. The van der Waals surface area contributed by atoms with E-state index in [-0.39, 0.29) is 19.2 Å². The molecule has 21 heavy (non-hydrogen) atoms. The van der Waals surface area contributed by atoms with Crippen molar-refractivity contribution in [3.8, 4) is 0 Å². The number of nitrogens with zero attached hydrogens (tertiary/aromatic N) is 2. The number of aromatic nitrogens is 2. The number of rotatable bonds is 7. The lowest BCUT2D eigenvalue weighted by atomic mass is 10.2. The number of halogens is 3. The van der Waals surface area contributed by atoms with Crippen molar-refractivity contribution >= 4 is 5.97 Å². The number of nitrogens with one attached hydrogen (secondary N) is 1. The lowest BCUT2D eigenvalue weighted by Crippen LogP contribution is -2.42. The molecule has 0 aliphatic heterocycles. The minimum Gasteiger partial charge on any atom is -0.465 e. The van der Waals surface area contributed by atoms with Crippen LogP contribution in [-0.2, 0) is 22.3 Å². The maximum Gasteiger partial charge on any atom is 0.435 e. The highest BCUT2D eigenvalue weighted by molar-refractivity contribution is 5.75. The minimum atomic E-state index is -4.46. The Morgan fingerprint density at radius 3 is 2.62 bits per heavy atom. The van der Waals surface area contributed by atoms with Crippen LogP contribution >= 0.6 is 0 Å². The molecule has 0 spiro atoms. The van der Waals surface area contributed by atoms with Gasteiger partial charge in [-0.05, 0) is 19.4 Å². The van der Waals surface area contributed by atoms with Gasteiger partial charge in [0.05, 0.1) is 6.61 Å². The monoisotopic (exact) mass is 307 g/mol. The zero-order valence-corrected chi connectivity index (χ0v) is 12.3. The van der Waals surface area contributed by atoms with E-state index in [1.165, 1.54) is 10.9 Å². The van der Waals surface area contributed by atoms with E-state index in [1.54, 1.807) is 6.92 Å². The van der Waals surface area contributed by atoms with Crippen LogP contribution in [0.1, 0.15) is 32.9 Å². The Labute approximate surface area is 121 Å². The summed E-state index contributed by atoms with van der Waals surface area (Å²) in [6.45, 7) is 5.91. The molecule has 0 bridgehead atoms. The van der Waals surface area contributed by atoms with Gasteiger partial charge in [-0.15, -0.1) is 0 Å². The SMILES string of the molecule is CCOC(=O)C(CCn1ccc(C(F)(F)F)n1)NC(C)C. The van der Waals surface area contributed by atoms with E-state index in [1.807, 2.05) is 13.8 Å². The zero-order valence-electron chi connectivity index (χ0n) is 12.3. The lowest BCUT2D eigenvalue weighted by Gasteiger charge is -2.19. The van der Waals surface area contributed by atoms with E-state index in [0.717, 1.165) is 6.07 Å². The highest BCUT2D eigenvalue weighted by atomic mass is 19.4. The van der Waals surface area contributed by atoms with Crippen LogP contribution in [0.5, 0.6) is 0 Å². The topological polar surface area (TPSA) is 56.2 Å². The minimum absolute atomic E-state index is 0.0581. The molecule has 1 rings (SSSR count). The van der Waals surface area contributed by atoms with Crippen molar-refractivity contribution in [1.82, 2.24) is 15.1 Å². The van der Waals surface area contributed by atoms with Crippen LogP contribution < -0.4 is 5.32 Å². The van der Waals surface area contributed by atoms with Crippen molar-refractivity contribution < 1.29 is 22.7 Å². The number of esters is 1. The summed E-state index contributed by atoms with van der Waals surface area (Å²) in [6.07, 6.45) is -2.90. The molecular weight excluding hydrogens is 287 g/mol. The Morgan fingerprint density at radius 2 is 2.14 bits per heavy atom. The Bertz CT molecular complexity index is 458. The summed E-state index contributed by atoms with van der Waals surface area (Å²) in [5.41, 5.74) is -0.938. The third-order valence-corrected chi connectivity index (χ3v) is 2.68. The summed E-state index contributed by atoms with van der Waals surface area (Å²) in [5.74, 6) is -0.408. The molecule has 0 aliphatic carbocycles. The van der Waals surface area contributed by atoms with Crippen LogP contribution in [0.25, 0.3) is 0 Å². The molecule has 1 aromatic heterocycles. The quantitative estimate of drug-likeness (QED) is 0.785. The van der Waals surface area contributed by atoms with E-state index in [4.69, 9.17) is 4.74 Å². The highest BCUT2D eigenvalue weighted by Crippen LogP contribution is 2.27. The molecule has 0 aromatic carbocycles. The van der Waals surface area contributed by atoms with Crippen LogP contribution in [-0.4, -0.2) is 34.4 Å². The second-order valence-electron chi connectivity index (χ2n) is 4.88. The molecule has 1 heterocycles. The normalized spacial score (nSPS) is 13.5. The van der Waals surface area contributed by atoms with Crippen LogP contribution in [0.4, 0.5) is 13.2 Å². The zero-order chi connectivity index (χ0) is 16.0. The summed E-state index contributed by atoms with van der Waals surface area (Å²) < 4.78 is 43.4. The second-order valence-corrected chi connectivity index (χ2v) is 4.88. The van der Waals surface area contributed by atoms with Gasteiger partial charge in [0.1, 0.15) is 6.04 Å². The molecule has 8 heteroatoms. The average molecular weight is 307 g/mol. The van der Waals surface area contributed by atoms with Crippen molar-refractivity contribution in [3.05, 3.63) is 18.0 Å². The molecular formula is C13H20F3N3O2. The number of carbonyl (C=O) groups is 1. The van der Waals surface area contributed by atoms with E-state index in [9.17, 15) is 18.0 Å². The Kier molecular flexibility index (Phi) is 6.19. The molecule has 0 fully saturated rings. The molecule has 0 aliphatic rings. The standard InChI is InChI=1S/C13H20F3N3O2/c1-4-21-12(20)10(17-9(2)3)5-7-19-8-6-11(18-19)13(14,15)16/h6,8-10,17H,4-5,7H2,1-3H3. The van der Waals surface area contributed by atoms with Gasteiger partial charge < -0.3 is 10.1 Å². The van der Waals surface area contributed by atoms with Gasteiger partial charge in [-0.1, -0.05) is 13.8 Å². The van der Waals surface area contributed by atoms with Crippen molar-refractivity contribution in [3.63, 3.8) is 0 Å². The third-order valence-electron chi connectivity index (χ3n) is 2.68. The fraction of sp³-hybridized carbons (Fsp3) is 0.692. The summed E-state index contributed by atoms with van der Waals surface area (Å²) in [6, 6.07) is 0.404.